The van der Waals surface area contributed by atoms with Gasteiger partial charge in [-0.25, -0.2) is 19.2 Å². The van der Waals surface area contributed by atoms with Gasteiger partial charge in [0.25, 0.3) is 0 Å². The average Bonchev–Trinajstić information content (AvgIpc) is 3.04. The summed E-state index contributed by atoms with van der Waals surface area (Å²) in [6.45, 7) is 7.24. The molecule has 10 heteroatoms. The third-order valence-corrected chi connectivity index (χ3v) is 6.60. The van der Waals surface area contributed by atoms with Crippen molar-refractivity contribution in [2.75, 3.05) is 28.4 Å². The first-order valence-corrected chi connectivity index (χ1v) is 13.2. The molecular weight excluding hydrogens is 540 g/mol. The van der Waals surface area contributed by atoms with Crippen LogP contribution in [0.3, 0.4) is 0 Å². The Balaban J connectivity index is 2.93. The van der Waals surface area contributed by atoms with Crippen molar-refractivity contribution in [3.63, 3.8) is 0 Å². The third kappa shape index (κ3) is 7.87. The van der Waals surface area contributed by atoms with Crippen LogP contribution >= 0.6 is 0 Å². The lowest BCUT2D eigenvalue weighted by Crippen LogP contribution is -2.27. The minimum Gasteiger partial charge on any atom is -0.465 e. The number of rotatable bonds is 11. The van der Waals surface area contributed by atoms with Gasteiger partial charge in [-0.15, -0.1) is 10.2 Å². The summed E-state index contributed by atoms with van der Waals surface area (Å²) in [7, 11) is 4.51. The Bertz CT molecular complexity index is 1330. The van der Waals surface area contributed by atoms with Gasteiger partial charge in [-0.2, -0.15) is 0 Å². The van der Waals surface area contributed by atoms with E-state index in [9.17, 15) is 19.2 Å². The summed E-state index contributed by atoms with van der Waals surface area (Å²) >= 11 is 0. The summed E-state index contributed by atoms with van der Waals surface area (Å²) in [6.07, 6.45) is 1.62. The Hall–Kier alpha value is -4.86. The molecule has 2 aromatic rings. The lowest BCUT2D eigenvalue weighted by atomic mass is 9.96. The van der Waals surface area contributed by atoms with E-state index in [1.165, 1.54) is 0 Å². The second kappa shape index (κ2) is 15.8. The standard InChI is InChI=1S/C32H36N2O8/c1-9-21-11-15-23(16-12-21)19(3)25(29(35)39-5)27(31(37)41-7)33-34-28(32(38)42-8)26(30(36)40-6)20(4)24-17-13-22(10-2)14-18-24/h11-18H,9-10H2,1-8H3/b25-19+,26-20+,33-27-,34-28-. The molecule has 0 aromatic heterocycles. The number of nitrogens with zero attached hydrogens (tertiary/aromatic N) is 2. The van der Waals surface area contributed by atoms with Gasteiger partial charge in [-0.05, 0) is 60.1 Å². The van der Waals surface area contributed by atoms with Crippen molar-refractivity contribution in [3.05, 3.63) is 81.9 Å². The van der Waals surface area contributed by atoms with Gasteiger partial charge in [0, 0.05) is 0 Å². The fourth-order valence-corrected chi connectivity index (χ4v) is 4.01. The molecule has 0 saturated heterocycles. The minimum absolute atomic E-state index is 0.239. The lowest BCUT2D eigenvalue weighted by Gasteiger charge is -2.13. The topological polar surface area (TPSA) is 130 Å². The first-order chi connectivity index (χ1) is 20.1. The quantitative estimate of drug-likeness (QED) is 0.125. The van der Waals surface area contributed by atoms with Crippen LogP contribution in [0, 0.1) is 0 Å². The number of methoxy groups -OCH3 is 4. The molecule has 0 amide bonds. The molecule has 2 rings (SSSR count). The molecule has 0 fully saturated rings. The van der Waals surface area contributed by atoms with Crippen molar-refractivity contribution in [1.29, 1.82) is 0 Å². The van der Waals surface area contributed by atoms with Crippen LogP contribution < -0.4 is 0 Å². The first-order valence-electron chi connectivity index (χ1n) is 13.2. The Morgan fingerprint density at radius 3 is 1.05 bits per heavy atom. The van der Waals surface area contributed by atoms with Gasteiger partial charge in [0.2, 0.25) is 0 Å². The molecule has 0 radical (unpaired) electrons. The van der Waals surface area contributed by atoms with E-state index in [2.05, 4.69) is 10.2 Å². The molecule has 0 unspecified atom stereocenters. The fourth-order valence-electron chi connectivity index (χ4n) is 4.01. The summed E-state index contributed by atoms with van der Waals surface area (Å²) in [6, 6.07) is 14.7. The van der Waals surface area contributed by atoms with E-state index in [1.807, 2.05) is 38.1 Å². The smallest absolute Gasteiger partial charge is 0.359 e. The van der Waals surface area contributed by atoms with Crippen LogP contribution in [0.15, 0.2) is 69.9 Å². The number of esters is 4. The minimum atomic E-state index is -1.02. The molecule has 42 heavy (non-hydrogen) atoms. The molecule has 0 aliphatic carbocycles. The van der Waals surface area contributed by atoms with Gasteiger partial charge < -0.3 is 18.9 Å². The number of hydrogen-bond acceptors (Lipinski definition) is 10. The van der Waals surface area contributed by atoms with Gasteiger partial charge in [-0.1, -0.05) is 62.4 Å². The highest BCUT2D eigenvalue weighted by atomic mass is 16.5. The monoisotopic (exact) mass is 576 g/mol. The van der Waals surface area contributed by atoms with E-state index in [0.29, 0.717) is 22.3 Å². The van der Waals surface area contributed by atoms with Crippen molar-refractivity contribution in [2.45, 2.75) is 40.5 Å². The molecule has 222 valence electrons. The van der Waals surface area contributed by atoms with E-state index in [-0.39, 0.29) is 11.1 Å². The van der Waals surface area contributed by atoms with Crippen LogP contribution in [0.1, 0.15) is 49.9 Å². The third-order valence-electron chi connectivity index (χ3n) is 6.60. The lowest BCUT2D eigenvalue weighted by molar-refractivity contribution is -0.137. The van der Waals surface area contributed by atoms with Crippen LogP contribution in [0.2, 0.25) is 0 Å². The maximum atomic E-state index is 13.0. The van der Waals surface area contributed by atoms with Gasteiger partial charge in [0.05, 0.1) is 39.6 Å². The molecule has 0 aliphatic rings. The number of allylic oxidation sites excluding steroid dienone is 2. The SMILES string of the molecule is CCc1ccc(\C(C)=C(C(=O)OC)/C(=N/N=C(C(=O)OC)/C(C(=O)OC)=C(/C)c2ccc(CC)cc2)C(=O)OC)cc1. The predicted molar refractivity (Wildman–Crippen MR) is 160 cm³/mol. The zero-order valence-electron chi connectivity index (χ0n) is 25.2. The molecule has 0 saturated carbocycles. The second-order valence-electron chi connectivity index (χ2n) is 8.96. The van der Waals surface area contributed by atoms with Crippen LogP contribution in [0.4, 0.5) is 0 Å². The molecule has 0 bridgehead atoms. The first kappa shape index (κ1) is 33.3. The molecule has 0 aliphatic heterocycles. The maximum Gasteiger partial charge on any atom is 0.359 e. The number of carbonyl (C=O) groups excluding carboxylic acids is 4. The molecule has 0 atom stereocenters. The van der Waals surface area contributed by atoms with Crippen molar-refractivity contribution in [3.8, 4) is 0 Å². The normalized spacial score (nSPS) is 13.0. The fraction of sp³-hybridized carbons (Fsp3) is 0.312. The summed E-state index contributed by atoms with van der Waals surface area (Å²) in [5.41, 5.74) is 2.50. The Morgan fingerprint density at radius 2 is 0.810 bits per heavy atom. The summed E-state index contributed by atoms with van der Waals surface area (Å²) in [5.74, 6) is -3.82. The predicted octanol–water partition coefficient (Wildman–Crippen LogP) is 4.55. The Labute approximate surface area is 245 Å². The maximum absolute atomic E-state index is 13.0. The van der Waals surface area contributed by atoms with Gasteiger partial charge in [-0.3, -0.25) is 0 Å². The van der Waals surface area contributed by atoms with Crippen LogP contribution in [0.25, 0.3) is 11.1 Å². The summed E-state index contributed by atoms with van der Waals surface area (Å²) in [4.78, 5) is 51.9. The molecule has 0 spiro atoms. The Morgan fingerprint density at radius 1 is 0.524 bits per heavy atom. The van der Waals surface area contributed by atoms with E-state index in [1.54, 1.807) is 38.1 Å². The van der Waals surface area contributed by atoms with Crippen molar-refractivity contribution in [2.24, 2.45) is 10.2 Å². The van der Waals surface area contributed by atoms with E-state index in [0.717, 1.165) is 52.4 Å². The number of carbonyl (C=O) groups is 4. The van der Waals surface area contributed by atoms with Crippen LogP contribution in [-0.2, 0) is 51.0 Å². The highest BCUT2D eigenvalue weighted by molar-refractivity contribution is 6.52. The van der Waals surface area contributed by atoms with Crippen molar-refractivity contribution in [1.82, 2.24) is 0 Å². The molecule has 2 aromatic carbocycles. The molecular formula is C32H36N2O8. The van der Waals surface area contributed by atoms with E-state index < -0.39 is 35.3 Å². The van der Waals surface area contributed by atoms with Gasteiger partial charge in [0.15, 0.2) is 11.4 Å². The number of ether oxygens (including phenoxy) is 4. The zero-order valence-corrected chi connectivity index (χ0v) is 25.2. The van der Waals surface area contributed by atoms with E-state index >= 15 is 0 Å². The van der Waals surface area contributed by atoms with Crippen molar-refractivity contribution < 1.29 is 38.1 Å². The average molecular weight is 577 g/mol. The highest BCUT2D eigenvalue weighted by Gasteiger charge is 2.31. The number of benzene rings is 2. The van der Waals surface area contributed by atoms with Crippen LogP contribution in [-0.4, -0.2) is 63.7 Å². The summed E-state index contributed by atoms with van der Waals surface area (Å²) < 4.78 is 19.7. The number of aryl methyl sites for hydroxylation is 2. The zero-order chi connectivity index (χ0) is 31.4. The number of hydrogen-bond donors (Lipinski definition) is 0. The van der Waals surface area contributed by atoms with Gasteiger partial charge in [0.1, 0.15) is 0 Å². The second-order valence-corrected chi connectivity index (χ2v) is 8.96. The molecule has 10 nitrogen and oxygen atoms in total. The van der Waals surface area contributed by atoms with Crippen LogP contribution in [0.5, 0.6) is 0 Å². The molecule has 0 N–H and O–H groups in total. The summed E-state index contributed by atoms with van der Waals surface area (Å²) in [5, 5.41) is 7.97. The highest BCUT2D eigenvalue weighted by Crippen LogP contribution is 2.24. The molecule has 0 heterocycles. The largest absolute Gasteiger partial charge is 0.465 e. The van der Waals surface area contributed by atoms with Crippen molar-refractivity contribution >= 4 is 46.4 Å². The Kier molecular flexibility index (Phi) is 12.5. The van der Waals surface area contributed by atoms with E-state index in [4.69, 9.17) is 18.9 Å². The van der Waals surface area contributed by atoms with Gasteiger partial charge >= 0.3 is 23.9 Å².